The summed E-state index contributed by atoms with van der Waals surface area (Å²) < 4.78 is 0. The Morgan fingerprint density at radius 1 is 1.37 bits per heavy atom. The number of nitrogens with zero attached hydrogens (tertiary/aromatic N) is 2. The Kier molecular flexibility index (Phi) is 5.34. The summed E-state index contributed by atoms with van der Waals surface area (Å²) in [6, 6.07) is 2.02. The molecule has 1 fully saturated rings. The number of hydrogen-bond acceptors (Lipinski definition) is 3. The molecular formula is C14H22N2O3. The summed E-state index contributed by atoms with van der Waals surface area (Å²) in [6.07, 6.45) is 3.26. The van der Waals surface area contributed by atoms with Crippen LogP contribution in [0.3, 0.4) is 0 Å². The molecule has 5 nitrogen and oxygen atoms in total. The first-order chi connectivity index (χ1) is 8.93. The van der Waals surface area contributed by atoms with Crippen LogP contribution < -0.4 is 0 Å². The molecule has 0 aromatic carbocycles. The summed E-state index contributed by atoms with van der Waals surface area (Å²) in [7, 11) is 0. The molecule has 0 atom stereocenters. The van der Waals surface area contributed by atoms with E-state index < -0.39 is 11.4 Å². The predicted octanol–water partition coefficient (Wildman–Crippen LogP) is 2.17. The summed E-state index contributed by atoms with van der Waals surface area (Å²) in [4.78, 5) is 25.4. The predicted molar refractivity (Wildman–Crippen MR) is 70.2 cm³/mol. The molecule has 0 aromatic heterocycles. The van der Waals surface area contributed by atoms with Crippen LogP contribution in [0, 0.1) is 16.7 Å². The second kappa shape index (κ2) is 6.55. The van der Waals surface area contributed by atoms with Crippen molar-refractivity contribution in [3.8, 4) is 6.07 Å². The molecule has 0 spiro atoms. The van der Waals surface area contributed by atoms with E-state index in [1.54, 1.807) is 4.90 Å². The van der Waals surface area contributed by atoms with Crippen molar-refractivity contribution in [1.82, 2.24) is 4.90 Å². The van der Waals surface area contributed by atoms with Gasteiger partial charge >= 0.3 is 5.97 Å². The van der Waals surface area contributed by atoms with Gasteiger partial charge in [-0.15, -0.1) is 0 Å². The fourth-order valence-electron chi connectivity index (χ4n) is 2.75. The van der Waals surface area contributed by atoms with Gasteiger partial charge in [0.05, 0.1) is 17.9 Å². The van der Waals surface area contributed by atoms with E-state index in [9.17, 15) is 14.7 Å². The highest BCUT2D eigenvalue weighted by Crippen LogP contribution is 2.41. The lowest BCUT2D eigenvalue weighted by atomic mass is 9.82. The Morgan fingerprint density at radius 3 is 2.37 bits per heavy atom. The molecule has 1 amide bonds. The van der Waals surface area contributed by atoms with Crippen LogP contribution >= 0.6 is 0 Å². The van der Waals surface area contributed by atoms with Crippen LogP contribution in [0.25, 0.3) is 0 Å². The first-order valence-electron chi connectivity index (χ1n) is 6.83. The summed E-state index contributed by atoms with van der Waals surface area (Å²) >= 11 is 0. The zero-order chi connectivity index (χ0) is 14.5. The highest BCUT2D eigenvalue weighted by Gasteiger charge is 2.43. The van der Waals surface area contributed by atoms with Crippen molar-refractivity contribution in [3.63, 3.8) is 0 Å². The van der Waals surface area contributed by atoms with Crippen LogP contribution in [-0.2, 0) is 9.59 Å². The minimum Gasteiger partial charge on any atom is -0.481 e. The van der Waals surface area contributed by atoms with Gasteiger partial charge in [0.2, 0.25) is 5.91 Å². The fraction of sp³-hybridized carbons (Fsp3) is 0.786. The van der Waals surface area contributed by atoms with Gasteiger partial charge in [0, 0.05) is 19.0 Å². The maximum Gasteiger partial charge on any atom is 0.310 e. The fourth-order valence-corrected chi connectivity index (χ4v) is 2.75. The number of carbonyl (C=O) groups is 2. The number of carboxylic acids is 1. The molecule has 1 aliphatic rings. The van der Waals surface area contributed by atoms with Gasteiger partial charge in [0.25, 0.3) is 0 Å². The van der Waals surface area contributed by atoms with Gasteiger partial charge in [-0.25, -0.2) is 0 Å². The van der Waals surface area contributed by atoms with E-state index in [-0.39, 0.29) is 24.8 Å². The highest BCUT2D eigenvalue weighted by atomic mass is 16.4. The number of nitriles is 1. The van der Waals surface area contributed by atoms with Crippen molar-refractivity contribution >= 4 is 11.9 Å². The van der Waals surface area contributed by atoms with E-state index in [4.69, 9.17) is 5.26 Å². The third-order valence-corrected chi connectivity index (χ3v) is 3.91. The maximum absolute atomic E-state index is 12.3. The quantitative estimate of drug-likeness (QED) is 0.798. The third kappa shape index (κ3) is 3.69. The summed E-state index contributed by atoms with van der Waals surface area (Å²) in [6.45, 7) is 4.15. The molecule has 5 heteroatoms. The van der Waals surface area contributed by atoms with Gasteiger partial charge in [-0.1, -0.05) is 12.8 Å². The van der Waals surface area contributed by atoms with Gasteiger partial charge in [0.1, 0.15) is 0 Å². The Hall–Kier alpha value is -1.57. The van der Waals surface area contributed by atoms with Gasteiger partial charge in [0.15, 0.2) is 0 Å². The molecule has 106 valence electrons. The molecule has 19 heavy (non-hydrogen) atoms. The minimum absolute atomic E-state index is 0.00639. The van der Waals surface area contributed by atoms with Crippen LogP contribution in [0.5, 0.6) is 0 Å². The van der Waals surface area contributed by atoms with Crippen molar-refractivity contribution in [2.75, 3.05) is 6.54 Å². The van der Waals surface area contributed by atoms with Crippen LogP contribution in [-0.4, -0.2) is 34.5 Å². The summed E-state index contributed by atoms with van der Waals surface area (Å²) in [5, 5.41) is 18.0. The normalized spacial score (nSPS) is 17.2. The van der Waals surface area contributed by atoms with Crippen molar-refractivity contribution in [2.24, 2.45) is 5.41 Å². The lowest BCUT2D eigenvalue weighted by Gasteiger charge is -2.30. The first kappa shape index (κ1) is 15.5. The third-order valence-electron chi connectivity index (χ3n) is 3.91. The standard InChI is InChI=1S/C14H22N2O3/c1-11(2)16(9-5-8-15)12(17)10-14(13(18)19)6-3-4-7-14/h11H,3-7,9-10H2,1-2H3,(H,18,19). The number of carbonyl (C=O) groups excluding carboxylic acids is 1. The minimum atomic E-state index is -0.878. The second-order valence-electron chi connectivity index (χ2n) is 5.56. The smallest absolute Gasteiger partial charge is 0.310 e. The Bertz CT molecular complexity index is 379. The average Bonchev–Trinajstić information content (AvgIpc) is 2.79. The van der Waals surface area contributed by atoms with Crippen molar-refractivity contribution in [3.05, 3.63) is 0 Å². The molecule has 0 bridgehead atoms. The number of rotatable bonds is 6. The number of carboxylic acid groups (broad SMARTS) is 1. The molecule has 0 aromatic rings. The van der Waals surface area contributed by atoms with E-state index in [1.165, 1.54) is 0 Å². The Balaban J connectivity index is 2.75. The van der Waals surface area contributed by atoms with E-state index in [1.807, 2.05) is 19.9 Å². The average molecular weight is 266 g/mol. The molecule has 0 unspecified atom stereocenters. The monoisotopic (exact) mass is 266 g/mol. The number of amides is 1. The second-order valence-corrected chi connectivity index (χ2v) is 5.56. The molecule has 0 radical (unpaired) electrons. The van der Waals surface area contributed by atoms with E-state index in [0.717, 1.165) is 12.8 Å². The van der Waals surface area contributed by atoms with Crippen molar-refractivity contribution < 1.29 is 14.7 Å². The number of hydrogen-bond donors (Lipinski definition) is 1. The Morgan fingerprint density at radius 2 is 1.95 bits per heavy atom. The summed E-state index contributed by atoms with van der Waals surface area (Å²) in [5.41, 5.74) is -0.878. The lowest BCUT2D eigenvalue weighted by molar-refractivity contribution is -0.153. The summed E-state index contributed by atoms with van der Waals surface area (Å²) in [5.74, 6) is -1.00. The van der Waals surface area contributed by atoms with Gasteiger partial charge in [-0.05, 0) is 26.7 Å². The molecule has 0 heterocycles. The zero-order valence-electron chi connectivity index (χ0n) is 11.7. The number of aliphatic carboxylic acids is 1. The van der Waals surface area contributed by atoms with E-state index >= 15 is 0 Å². The molecule has 1 N–H and O–H groups in total. The van der Waals surface area contributed by atoms with Crippen molar-refractivity contribution in [1.29, 1.82) is 5.26 Å². The largest absolute Gasteiger partial charge is 0.481 e. The van der Waals surface area contributed by atoms with Gasteiger partial charge in [-0.3, -0.25) is 9.59 Å². The SMILES string of the molecule is CC(C)N(CCC#N)C(=O)CC1(C(=O)O)CCCC1. The topological polar surface area (TPSA) is 81.4 Å². The van der Waals surface area contributed by atoms with Crippen LogP contribution in [0.15, 0.2) is 0 Å². The first-order valence-corrected chi connectivity index (χ1v) is 6.83. The van der Waals surface area contributed by atoms with Crippen molar-refractivity contribution in [2.45, 2.75) is 58.4 Å². The molecule has 1 saturated carbocycles. The zero-order valence-corrected chi connectivity index (χ0v) is 11.7. The van der Waals surface area contributed by atoms with Crippen LogP contribution in [0.2, 0.25) is 0 Å². The lowest BCUT2D eigenvalue weighted by Crippen LogP contribution is -2.42. The maximum atomic E-state index is 12.3. The molecular weight excluding hydrogens is 244 g/mol. The van der Waals surface area contributed by atoms with Gasteiger partial charge < -0.3 is 10.0 Å². The molecule has 0 aliphatic heterocycles. The molecule has 1 aliphatic carbocycles. The van der Waals surface area contributed by atoms with E-state index in [2.05, 4.69) is 0 Å². The molecule has 0 saturated heterocycles. The van der Waals surface area contributed by atoms with Gasteiger partial charge in [-0.2, -0.15) is 5.26 Å². The van der Waals surface area contributed by atoms with Crippen LogP contribution in [0.4, 0.5) is 0 Å². The van der Waals surface area contributed by atoms with Crippen LogP contribution in [0.1, 0.15) is 52.4 Å². The highest BCUT2D eigenvalue weighted by molar-refractivity contribution is 5.85. The Labute approximate surface area is 114 Å². The molecule has 1 rings (SSSR count). The van der Waals surface area contributed by atoms with E-state index in [0.29, 0.717) is 19.4 Å².